The van der Waals surface area contributed by atoms with E-state index in [1.165, 1.54) is 12.8 Å². The number of rotatable bonds is 4. The Kier molecular flexibility index (Phi) is 4.04. The van der Waals surface area contributed by atoms with Crippen molar-refractivity contribution in [2.24, 2.45) is 29.1 Å². The maximum Gasteiger partial charge on any atom is 0.303 e. The molecule has 0 radical (unpaired) electrons. The molecule has 122 valence electrons. The topological polar surface area (TPSA) is 66.4 Å². The summed E-state index contributed by atoms with van der Waals surface area (Å²) in [5, 5.41) is 12.0. The van der Waals surface area contributed by atoms with E-state index in [0.29, 0.717) is 30.1 Å². The standard InChI is InChI=1S/C18H27NO3/c1-11(3-8-17(21)22)13-5-6-14-12-4-7-16(20)19-15(12)9-10-18(13,14)2/h9,11-14H,3-8,10H2,1-2H3,(H,19,20)(H,21,22)/t11-,12+,13-,14+,18-/m0/s1. The zero-order valence-electron chi connectivity index (χ0n) is 13.6. The lowest BCUT2D eigenvalue weighted by atomic mass is 9.59. The Morgan fingerprint density at radius 1 is 1.45 bits per heavy atom. The van der Waals surface area contributed by atoms with Gasteiger partial charge in [0.15, 0.2) is 0 Å². The number of amides is 1. The molecule has 0 bridgehead atoms. The molecule has 3 rings (SSSR count). The molecule has 0 aromatic rings. The number of hydrogen-bond donors (Lipinski definition) is 2. The third-order valence-electron chi connectivity index (χ3n) is 6.60. The van der Waals surface area contributed by atoms with Crippen molar-refractivity contribution in [1.29, 1.82) is 0 Å². The van der Waals surface area contributed by atoms with Crippen LogP contribution in [0.25, 0.3) is 0 Å². The van der Waals surface area contributed by atoms with Crippen molar-refractivity contribution in [3.8, 4) is 0 Å². The Morgan fingerprint density at radius 2 is 2.23 bits per heavy atom. The molecule has 3 aliphatic rings. The molecule has 0 unspecified atom stereocenters. The molecule has 1 amide bonds. The number of piperidine rings is 1. The first-order valence-corrected chi connectivity index (χ1v) is 8.63. The predicted octanol–water partition coefficient (Wildman–Crippen LogP) is 3.33. The van der Waals surface area contributed by atoms with Crippen molar-refractivity contribution < 1.29 is 14.7 Å². The number of carboxylic acids is 1. The fourth-order valence-corrected chi connectivity index (χ4v) is 5.45. The van der Waals surface area contributed by atoms with Crippen LogP contribution in [-0.4, -0.2) is 17.0 Å². The fraction of sp³-hybridized carbons (Fsp3) is 0.778. The van der Waals surface area contributed by atoms with Gasteiger partial charge in [-0.3, -0.25) is 9.59 Å². The van der Waals surface area contributed by atoms with Gasteiger partial charge < -0.3 is 10.4 Å². The van der Waals surface area contributed by atoms with Gasteiger partial charge in [-0.05, 0) is 55.3 Å². The zero-order valence-corrected chi connectivity index (χ0v) is 13.6. The summed E-state index contributed by atoms with van der Waals surface area (Å²) in [7, 11) is 0. The molecular weight excluding hydrogens is 278 g/mol. The van der Waals surface area contributed by atoms with E-state index in [2.05, 4.69) is 25.2 Å². The highest BCUT2D eigenvalue weighted by Gasteiger charge is 2.53. The van der Waals surface area contributed by atoms with Crippen LogP contribution in [0.15, 0.2) is 11.8 Å². The second-order valence-electron chi connectivity index (χ2n) is 7.76. The quantitative estimate of drug-likeness (QED) is 0.837. The largest absolute Gasteiger partial charge is 0.481 e. The molecule has 0 spiro atoms. The van der Waals surface area contributed by atoms with Crippen molar-refractivity contribution in [2.75, 3.05) is 0 Å². The average molecular weight is 305 g/mol. The van der Waals surface area contributed by atoms with Crippen molar-refractivity contribution in [1.82, 2.24) is 5.32 Å². The Balaban J connectivity index is 1.76. The molecule has 5 atom stereocenters. The summed E-state index contributed by atoms with van der Waals surface area (Å²) in [6.07, 6.45) is 8.37. The minimum Gasteiger partial charge on any atom is -0.481 e. The summed E-state index contributed by atoms with van der Waals surface area (Å²) in [6, 6.07) is 0. The van der Waals surface area contributed by atoms with Crippen LogP contribution in [0.1, 0.15) is 58.8 Å². The molecule has 4 heteroatoms. The molecule has 1 saturated heterocycles. The molecule has 2 N–H and O–H groups in total. The average Bonchev–Trinajstić information content (AvgIpc) is 2.82. The molecule has 1 heterocycles. The monoisotopic (exact) mass is 305 g/mol. The molecule has 2 fully saturated rings. The fourth-order valence-electron chi connectivity index (χ4n) is 5.45. The predicted molar refractivity (Wildman–Crippen MR) is 83.9 cm³/mol. The highest BCUT2D eigenvalue weighted by atomic mass is 16.4. The Hall–Kier alpha value is -1.32. The number of hydrogen-bond acceptors (Lipinski definition) is 2. The minimum absolute atomic E-state index is 0.162. The number of carboxylic acid groups (broad SMARTS) is 1. The van der Waals surface area contributed by atoms with E-state index in [9.17, 15) is 9.59 Å². The number of allylic oxidation sites excluding steroid dienone is 2. The molecule has 22 heavy (non-hydrogen) atoms. The van der Waals surface area contributed by atoms with Crippen molar-refractivity contribution in [3.05, 3.63) is 11.8 Å². The highest BCUT2D eigenvalue weighted by molar-refractivity contribution is 5.79. The lowest BCUT2D eigenvalue weighted by molar-refractivity contribution is -0.137. The molecule has 1 saturated carbocycles. The SMILES string of the molecule is C[C@@H](CCC(=O)O)[C@@H]1CC[C@@H]2[C@H]3CCC(=O)NC3=CC[C@]21C. The third-order valence-corrected chi connectivity index (χ3v) is 6.60. The van der Waals surface area contributed by atoms with Crippen molar-refractivity contribution >= 4 is 11.9 Å². The van der Waals surface area contributed by atoms with E-state index in [4.69, 9.17) is 5.11 Å². The lowest BCUT2D eigenvalue weighted by Gasteiger charge is -2.47. The first-order chi connectivity index (χ1) is 10.4. The van der Waals surface area contributed by atoms with Gasteiger partial charge >= 0.3 is 5.97 Å². The summed E-state index contributed by atoms with van der Waals surface area (Å²) in [6.45, 7) is 4.62. The molecule has 2 aliphatic carbocycles. The molecule has 0 aromatic carbocycles. The summed E-state index contributed by atoms with van der Waals surface area (Å²) in [4.78, 5) is 22.5. The minimum atomic E-state index is -0.688. The maximum absolute atomic E-state index is 11.6. The van der Waals surface area contributed by atoms with E-state index in [0.717, 1.165) is 25.0 Å². The smallest absolute Gasteiger partial charge is 0.303 e. The van der Waals surface area contributed by atoms with Gasteiger partial charge in [-0.25, -0.2) is 0 Å². The molecule has 0 aromatic heterocycles. The third kappa shape index (κ3) is 2.57. The molecular formula is C18H27NO3. The van der Waals surface area contributed by atoms with Crippen LogP contribution in [0, 0.1) is 29.1 Å². The van der Waals surface area contributed by atoms with E-state index in [1.807, 2.05) is 0 Å². The highest BCUT2D eigenvalue weighted by Crippen LogP contribution is 2.60. The number of carbonyl (C=O) groups is 2. The van der Waals surface area contributed by atoms with Gasteiger partial charge in [-0.15, -0.1) is 0 Å². The molecule has 4 nitrogen and oxygen atoms in total. The zero-order chi connectivity index (χ0) is 15.9. The van der Waals surface area contributed by atoms with Crippen LogP contribution in [0.4, 0.5) is 0 Å². The second kappa shape index (κ2) is 5.71. The summed E-state index contributed by atoms with van der Waals surface area (Å²) >= 11 is 0. The number of fused-ring (bicyclic) bond motifs is 3. The molecule has 1 aliphatic heterocycles. The Labute approximate surface area is 132 Å². The normalized spacial score (nSPS) is 38.5. The number of nitrogens with one attached hydrogen (secondary N) is 1. The van der Waals surface area contributed by atoms with Crippen LogP contribution in [-0.2, 0) is 9.59 Å². The second-order valence-corrected chi connectivity index (χ2v) is 7.76. The maximum atomic E-state index is 11.6. The first kappa shape index (κ1) is 15.6. The van der Waals surface area contributed by atoms with Gasteiger partial charge in [0.25, 0.3) is 0 Å². The van der Waals surface area contributed by atoms with Crippen molar-refractivity contribution in [3.63, 3.8) is 0 Å². The van der Waals surface area contributed by atoms with Crippen molar-refractivity contribution in [2.45, 2.75) is 58.8 Å². The van der Waals surface area contributed by atoms with Gasteiger partial charge in [0.05, 0.1) is 0 Å². The van der Waals surface area contributed by atoms with Gasteiger partial charge in [-0.2, -0.15) is 0 Å². The summed E-state index contributed by atoms with van der Waals surface area (Å²) in [5.74, 6) is 1.69. The number of aliphatic carboxylic acids is 1. The van der Waals surface area contributed by atoms with E-state index >= 15 is 0 Å². The van der Waals surface area contributed by atoms with Gasteiger partial charge in [0, 0.05) is 24.5 Å². The van der Waals surface area contributed by atoms with Crippen LogP contribution >= 0.6 is 0 Å². The Bertz CT molecular complexity index is 512. The number of carbonyl (C=O) groups excluding carboxylic acids is 1. The van der Waals surface area contributed by atoms with E-state index in [-0.39, 0.29) is 17.7 Å². The Morgan fingerprint density at radius 3 is 2.95 bits per heavy atom. The van der Waals surface area contributed by atoms with E-state index in [1.54, 1.807) is 0 Å². The van der Waals surface area contributed by atoms with E-state index < -0.39 is 5.97 Å². The van der Waals surface area contributed by atoms with Gasteiger partial charge in [0.2, 0.25) is 5.91 Å². The first-order valence-electron chi connectivity index (χ1n) is 8.63. The van der Waals surface area contributed by atoms with Gasteiger partial charge in [-0.1, -0.05) is 19.9 Å². The van der Waals surface area contributed by atoms with Crippen LogP contribution in [0.3, 0.4) is 0 Å². The van der Waals surface area contributed by atoms with Gasteiger partial charge in [0.1, 0.15) is 0 Å². The lowest BCUT2D eigenvalue weighted by Crippen LogP contribution is -2.45. The van der Waals surface area contributed by atoms with Crippen LogP contribution < -0.4 is 5.32 Å². The van der Waals surface area contributed by atoms with Crippen LogP contribution in [0.2, 0.25) is 0 Å². The van der Waals surface area contributed by atoms with Crippen LogP contribution in [0.5, 0.6) is 0 Å². The summed E-state index contributed by atoms with van der Waals surface area (Å²) < 4.78 is 0. The summed E-state index contributed by atoms with van der Waals surface area (Å²) in [5.41, 5.74) is 1.44.